The van der Waals surface area contributed by atoms with E-state index in [1.807, 2.05) is 18.2 Å². The Kier molecular flexibility index (Phi) is 11.9. The SMILES string of the molecule is CCc1cccc2cc(O)cc(-c3ncc4c(N5CC6CCC(C5)N6)nc(OCC5(CN6CCC(N7CCN(c8ccc(C(=O)NC9CCC(=O)NC9=O)c(F)c8)CC7)CC6)CC5)nc4c3F)c12. The van der Waals surface area contributed by atoms with Crippen molar-refractivity contribution in [1.29, 1.82) is 0 Å². The highest BCUT2D eigenvalue weighted by molar-refractivity contribution is 6.04. The molecule has 17 heteroatoms. The van der Waals surface area contributed by atoms with Crippen LogP contribution in [0, 0.1) is 17.0 Å². The van der Waals surface area contributed by atoms with Gasteiger partial charge in [-0.2, -0.15) is 9.97 Å². The molecule has 0 radical (unpaired) electrons. The van der Waals surface area contributed by atoms with Crippen LogP contribution in [-0.2, 0) is 16.0 Å². The number of carbonyl (C=O) groups excluding carboxylic acids is 3. The van der Waals surface area contributed by atoms with E-state index in [4.69, 9.17) is 19.7 Å². The predicted molar refractivity (Wildman–Crippen MR) is 254 cm³/mol. The van der Waals surface area contributed by atoms with Gasteiger partial charge in [0, 0.05) is 93.2 Å². The van der Waals surface area contributed by atoms with E-state index in [1.165, 1.54) is 12.1 Å². The summed E-state index contributed by atoms with van der Waals surface area (Å²) in [5.41, 5.74) is 2.42. The molecule has 0 spiro atoms. The lowest BCUT2D eigenvalue weighted by Crippen LogP contribution is -2.53. The highest BCUT2D eigenvalue weighted by Crippen LogP contribution is 2.47. The monoisotopic (exact) mass is 928 g/mol. The zero-order valence-corrected chi connectivity index (χ0v) is 38.4. The zero-order valence-electron chi connectivity index (χ0n) is 38.4. The standard InChI is InChI=1S/C51H58F2N10O5/c1-2-30-4-3-5-31-22-36(64)24-38(43(30)31)45-44(53)46-39(25-54-45)47(63-26-32-6-7-33(27-63)55-32)59-50(58-46)68-29-51(14-15-51)28-60-16-12-34(13-17-60)61-18-20-62(21-19-61)35-8-9-37(40(52)23-35)48(66)56-41-10-11-42(65)57-49(41)67/h3-5,8-9,22-25,32-34,41,55,64H,2,6-7,10-21,26-29H2,1H3,(H,56,66)(H,57,65,67). The summed E-state index contributed by atoms with van der Waals surface area (Å²) in [5, 5.41) is 21.4. The summed E-state index contributed by atoms with van der Waals surface area (Å²) in [6.45, 7) is 10.1. The number of nitrogens with zero attached hydrogens (tertiary/aromatic N) is 7. The van der Waals surface area contributed by atoms with Crippen LogP contribution in [0.25, 0.3) is 32.9 Å². The first-order valence-electron chi connectivity index (χ1n) is 24.4. The number of likely N-dealkylation sites (tertiary alicyclic amines) is 1. The quantitative estimate of drug-likeness (QED) is 0.119. The number of piperidine rings is 2. The topological polar surface area (TPSA) is 168 Å². The van der Waals surface area contributed by atoms with Crippen LogP contribution < -0.4 is 30.5 Å². The van der Waals surface area contributed by atoms with Gasteiger partial charge >= 0.3 is 6.01 Å². The number of imide groups is 1. The highest BCUT2D eigenvalue weighted by Gasteiger charge is 2.46. The summed E-state index contributed by atoms with van der Waals surface area (Å²) >= 11 is 0. The minimum absolute atomic E-state index is 0.0273. The van der Waals surface area contributed by atoms with Crippen LogP contribution in [-0.4, -0.2) is 137 Å². The van der Waals surface area contributed by atoms with E-state index in [2.05, 4.69) is 42.5 Å². The van der Waals surface area contributed by atoms with E-state index < -0.39 is 29.5 Å². The first kappa shape index (κ1) is 44.5. The number of aryl methyl sites for hydroxylation is 1. The van der Waals surface area contributed by atoms with Gasteiger partial charge in [-0.1, -0.05) is 25.1 Å². The average molecular weight is 929 g/mol. The van der Waals surface area contributed by atoms with Gasteiger partial charge in [-0.3, -0.25) is 29.6 Å². The number of hydrogen-bond acceptors (Lipinski definition) is 13. The molecule has 4 N–H and O–H groups in total. The third-order valence-electron chi connectivity index (χ3n) is 15.4. The molecule has 6 aliphatic rings. The summed E-state index contributed by atoms with van der Waals surface area (Å²) in [6.07, 6.45) is 9.08. The zero-order chi connectivity index (χ0) is 46.7. The van der Waals surface area contributed by atoms with E-state index >= 15 is 8.78 Å². The van der Waals surface area contributed by atoms with E-state index in [1.54, 1.807) is 24.4 Å². The van der Waals surface area contributed by atoms with Gasteiger partial charge in [0.25, 0.3) is 5.91 Å². The minimum Gasteiger partial charge on any atom is -0.508 e. The van der Waals surface area contributed by atoms with E-state index in [9.17, 15) is 19.5 Å². The molecule has 3 amide bonds. The molecule has 1 aliphatic carbocycles. The van der Waals surface area contributed by atoms with Crippen LogP contribution in [0.1, 0.15) is 74.2 Å². The van der Waals surface area contributed by atoms with Gasteiger partial charge in [-0.05, 0) is 111 Å². The Balaban J connectivity index is 0.729. The van der Waals surface area contributed by atoms with Gasteiger partial charge in [0.05, 0.1) is 17.6 Å². The van der Waals surface area contributed by atoms with Crippen LogP contribution in [0.3, 0.4) is 0 Å². The fraction of sp³-hybridized carbons (Fsp3) is 0.490. The number of phenols is 1. The molecular formula is C51H58F2N10O5. The fourth-order valence-corrected chi connectivity index (χ4v) is 11.4. The van der Waals surface area contributed by atoms with Crippen LogP contribution in [0.2, 0.25) is 0 Å². The van der Waals surface area contributed by atoms with Crippen molar-refractivity contribution in [2.45, 2.75) is 88.9 Å². The number of pyridine rings is 1. The number of nitrogens with one attached hydrogen (secondary N) is 3. The fourth-order valence-electron chi connectivity index (χ4n) is 11.4. The number of aromatic nitrogens is 3. The largest absolute Gasteiger partial charge is 0.508 e. The Bertz CT molecular complexity index is 2780. The molecule has 3 unspecified atom stereocenters. The maximum absolute atomic E-state index is 17.2. The number of benzene rings is 3. The molecule has 5 aliphatic heterocycles. The smallest absolute Gasteiger partial charge is 0.319 e. The second-order valence-corrected chi connectivity index (χ2v) is 19.9. The molecule has 356 valence electrons. The average Bonchev–Trinajstić information content (AvgIpc) is 4.03. The van der Waals surface area contributed by atoms with E-state index in [-0.39, 0.29) is 52.7 Å². The van der Waals surface area contributed by atoms with Gasteiger partial charge in [-0.15, -0.1) is 0 Å². The Labute approximate surface area is 393 Å². The Morgan fingerprint density at radius 1 is 0.926 bits per heavy atom. The maximum atomic E-state index is 17.2. The van der Waals surface area contributed by atoms with E-state index in [0.717, 1.165) is 120 Å². The number of piperazine rings is 2. The molecule has 2 aromatic heterocycles. The third-order valence-corrected chi connectivity index (χ3v) is 15.4. The first-order valence-corrected chi connectivity index (χ1v) is 24.4. The molecule has 2 bridgehead atoms. The van der Waals surface area contributed by atoms with Crippen molar-refractivity contribution in [1.82, 2.24) is 40.7 Å². The van der Waals surface area contributed by atoms with Crippen molar-refractivity contribution < 1.29 is 33.0 Å². The second kappa shape index (κ2) is 18.1. The van der Waals surface area contributed by atoms with Crippen LogP contribution in [0.4, 0.5) is 20.3 Å². The summed E-state index contributed by atoms with van der Waals surface area (Å²) in [6, 6.07) is 14.2. The van der Waals surface area contributed by atoms with Crippen LogP contribution in [0.15, 0.2) is 54.7 Å². The van der Waals surface area contributed by atoms with Crippen molar-refractivity contribution in [3.05, 3.63) is 77.5 Å². The molecule has 6 fully saturated rings. The normalized spacial score (nSPS) is 23.3. The number of amides is 3. The van der Waals surface area contributed by atoms with Crippen LogP contribution >= 0.6 is 0 Å². The maximum Gasteiger partial charge on any atom is 0.319 e. The van der Waals surface area contributed by atoms with Crippen molar-refractivity contribution in [3.63, 3.8) is 0 Å². The Morgan fingerprint density at radius 3 is 2.43 bits per heavy atom. The van der Waals surface area contributed by atoms with Gasteiger partial charge in [0.2, 0.25) is 11.8 Å². The molecular weight excluding hydrogens is 871 g/mol. The van der Waals surface area contributed by atoms with Gasteiger partial charge in [0.15, 0.2) is 5.82 Å². The van der Waals surface area contributed by atoms with Gasteiger partial charge in [0.1, 0.15) is 34.6 Å². The summed E-state index contributed by atoms with van der Waals surface area (Å²) in [7, 11) is 0. The van der Waals surface area contributed by atoms with Gasteiger partial charge < -0.3 is 35.2 Å². The van der Waals surface area contributed by atoms with Crippen molar-refractivity contribution >= 4 is 50.9 Å². The Hall–Kier alpha value is -6.04. The number of fused-ring (bicyclic) bond motifs is 4. The summed E-state index contributed by atoms with van der Waals surface area (Å²) < 4.78 is 38.9. The summed E-state index contributed by atoms with van der Waals surface area (Å²) in [5.74, 6) is -2.16. The number of aromatic hydroxyl groups is 1. The lowest BCUT2D eigenvalue weighted by atomic mass is 9.95. The lowest BCUT2D eigenvalue weighted by Gasteiger charge is -2.44. The molecule has 3 aromatic carbocycles. The van der Waals surface area contributed by atoms with Crippen LogP contribution in [0.5, 0.6) is 11.8 Å². The molecule has 11 rings (SSSR count). The van der Waals surface area contributed by atoms with Gasteiger partial charge in [-0.25, -0.2) is 8.78 Å². The number of hydrogen-bond donors (Lipinski definition) is 4. The number of anilines is 2. The van der Waals surface area contributed by atoms with Crippen molar-refractivity contribution in [2.75, 3.05) is 75.3 Å². The molecule has 5 saturated heterocycles. The number of ether oxygens (including phenoxy) is 1. The molecule has 68 heavy (non-hydrogen) atoms. The highest BCUT2D eigenvalue weighted by atomic mass is 19.1. The molecule has 7 heterocycles. The third kappa shape index (κ3) is 8.79. The molecule has 1 saturated carbocycles. The van der Waals surface area contributed by atoms with E-state index in [0.29, 0.717) is 47.2 Å². The number of rotatable bonds is 12. The van der Waals surface area contributed by atoms with Crippen molar-refractivity contribution in [2.24, 2.45) is 5.41 Å². The molecule has 5 aromatic rings. The minimum atomic E-state index is -0.872. The molecule has 3 atom stereocenters. The summed E-state index contributed by atoms with van der Waals surface area (Å²) in [4.78, 5) is 60.4. The van der Waals surface area contributed by atoms with Crippen molar-refractivity contribution in [3.8, 4) is 23.0 Å². The predicted octanol–water partition coefficient (Wildman–Crippen LogP) is 5.31. The lowest BCUT2D eigenvalue weighted by molar-refractivity contribution is -0.134. The molecule has 15 nitrogen and oxygen atoms in total. The number of phenolic OH excluding ortho intramolecular Hbond substituents is 1. The number of carbonyl (C=O) groups is 3. The second-order valence-electron chi connectivity index (χ2n) is 19.9. The number of halogens is 2. The first-order chi connectivity index (χ1) is 33.0. The Morgan fingerprint density at radius 2 is 1.71 bits per heavy atom.